The third kappa shape index (κ3) is 3.66. The number of rotatable bonds is 5. The molecule has 0 aliphatic carbocycles. The molecule has 0 spiro atoms. The predicted octanol–water partition coefficient (Wildman–Crippen LogP) is 2.64. The first-order chi connectivity index (χ1) is 13.6. The number of carbonyl (C=O) groups is 1. The summed E-state index contributed by atoms with van der Waals surface area (Å²) < 4.78 is 16.2. The van der Waals surface area contributed by atoms with Crippen LogP contribution in [0.4, 0.5) is 5.69 Å². The fraction of sp³-hybridized carbons (Fsp3) is 0.150. The molecule has 0 atom stereocenters. The SMILES string of the molecule is COc1cc(OC)c2c(C(=O)NC(N)=Nc3ccccc3)ccnc2c1OC. The molecule has 8 nitrogen and oxygen atoms in total. The highest BCUT2D eigenvalue weighted by Gasteiger charge is 2.21. The van der Waals surface area contributed by atoms with Gasteiger partial charge in [-0.15, -0.1) is 0 Å². The van der Waals surface area contributed by atoms with Crippen LogP contribution in [-0.2, 0) is 0 Å². The first-order valence-electron chi connectivity index (χ1n) is 8.37. The van der Waals surface area contributed by atoms with Gasteiger partial charge < -0.3 is 19.9 Å². The average molecular weight is 380 g/mol. The van der Waals surface area contributed by atoms with Crippen LogP contribution in [0.5, 0.6) is 17.2 Å². The van der Waals surface area contributed by atoms with Crippen LogP contribution in [0.3, 0.4) is 0 Å². The van der Waals surface area contributed by atoms with Crippen molar-refractivity contribution in [1.82, 2.24) is 10.3 Å². The zero-order valence-electron chi connectivity index (χ0n) is 15.7. The molecular formula is C20H20N4O4. The lowest BCUT2D eigenvalue weighted by atomic mass is 10.1. The first-order valence-corrected chi connectivity index (χ1v) is 8.37. The third-order valence-corrected chi connectivity index (χ3v) is 4.03. The molecule has 0 aliphatic heterocycles. The van der Waals surface area contributed by atoms with Gasteiger partial charge in [-0.1, -0.05) is 18.2 Å². The highest BCUT2D eigenvalue weighted by atomic mass is 16.5. The van der Waals surface area contributed by atoms with Gasteiger partial charge >= 0.3 is 0 Å². The second kappa shape index (κ2) is 8.26. The van der Waals surface area contributed by atoms with Crippen molar-refractivity contribution >= 4 is 28.5 Å². The Morgan fingerprint density at radius 1 is 1.04 bits per heavy atom. The summed E-state index contributed by atoms with van der Waals surface area (Å²) >= 11 is 0. The van der Waals surface area contributed by atoms with Crippen LogP contribution in [0.2, 0.25) is 0 Å². The number of amides is 1. The van der Waals surface area contributed by atoms with E-state index in [0.29, 0.717) is 39.4 Å². The van der Waals surface area contributed by atoms with Gasteiger partial charge in [0.2, 0.25) is 5.96 Å². The molecular weight excluding hydrogens is 360 g/mol. The van der Waals surface area contributed by atoms with Crippen molar-refractivity contribution in [3.8, 4) is 17.2 Å². The summed E-state index contributed by atoms with van der Waals surface area (Å²) in [6, 6.07) is 12.3. The second-order valence-electron chi connectivity index (χ2n) is 5.68. The van der Waals surface area contributed by atoms with E-state index in [9.17, 15) is 4.79 Å². The number of aliphatic imine (C=N–C) groups is 1. The van der Waals surface area contributed by atoms with Crippen molar-refractivity contribution in [1.29, 1.82) is 0 Å². The van der Waals surface area contributed by atoms with Crippen molar-refractivity contribution < 1.29 is 19.0 Å². The van der Waals surface area contributed by atoms with Gasteiger partial charge in [0.1, 0.15) is 11.3 Å². The zero-order valence-corrected chi connectivity index (χ0v) is 15.7. The molecule has 0 fully saturated rings. The van der Waals surface area contributed by atoms with Crippen LogP contribution in [-0.4, -0.2) is 38.2 Å². The zero-order chi connectivity index (χ0) is 20.1. The van der Waals surface area contributed by atoms with Crippen molar-refractivity contribution in [2.45, 2.75) is 0 Å². The van der Waals surface area contributed by atoms with E-state index < -0.39 is 5.91 Å². The molecule has 144 valence electrons. The number of para-hydroxylation sites is 1. The maximum absolute atomic E-state index is 12.9. The minimum absolute atomic E-state index is 0.0272. The number of methoxy groups -OCH3 is 3. The summed E-state index contributed by atoms with van der Waals surface area (Å²) in [5.74, 6) is 0.793. The molecule has 0 unspecified atom stereocenters. The lowest BCUT2D eigenvalue weighted by Crippen LogP contribution is -2.36. The Hall–Kier alpha value is -3.81. The molecule has 3 N–H and O–H groups in total. The van der Waals surface area contributed by atoms with E-state index in [-0.39, 0.29) is 5.96 Å². The number of hydrogen-bond acceptors (Lipinski definition) is 6. The molecule has 1 heterocycles. The minimum atomic E-state index is -0.449. The van der Waals surface area contributed by atoms with Gasteiger partial charge in [-0.3, -0.25) is 15.1 Å². The van der Waals surface area contributed by atoms with Crippen molar-refractivity contribution in [3.63, 3.8) is 0 Å². The van der Waals surface area contributed by atoms with E-state index in [2.05, 4.69) is 15.3 Å². The highest BCUT2D eigenvalue weighted by molar-refractivity contribution is 6.14. The fourth-order valence-corrected chi connectivity index (χ4v) is 2.81. The van der Waals surface area contributed by atoms with E-state index in [4.69, 9.17) is 19.9 Å². The lowest BCUT2D eigenvalue weighted by Gasteiger charge is -2.15. The quantitative estimate of drug-likeness (QED) is 0.520. The predicted molar refractivity (Wildman–Crippen MR) is 107 cm³/mol. The molecule has 1 amide bonds. The number of hydrogen-bond donors (Lipinski definition) is 2. The summed E-state index contributed by atoms with van der Waals surface area (Å²) in [6.45, 7) is 0. The van der Waals surface area contributed by atoms with Gasteiger partial charge in [-0.25, -0.2) is 4.99 Å². The van der Waals surface area contributed by atoms with Gasteiger partial charge in [-0.2, -0.15) is 0 Å². The largest absolute Gasteiger partial charge is 0.496 e. The Kier molecular flexibility index (Phi) is 5.59. The maximum Gasteiger partial charge on any atom is 0.258 e. The van der Waals surface area contributed by atoms with Crippen molar-refractivity contribution in [2.75, 3.05) is 21.3 Å². The lowest BCUT2D eigenvalue weighted by molar-refractivity contribution is 0.0978. The highest BCUT2D eigenvalue weighted by Crippen LogP contribution is 2.41. The Balaban J connectivity index is 2.05. The smallest absolute Gasteiger partial charge is 0.258 e. The summed E-state index contributed by atoms with van der Waals surface area (Å²) in [5, 5.41) is 3.07. The number of carbonyl (C=O) groups excluding carboxylic acids is 1. The Morgan fingerprint density at radius 2 is 1.75 bits per heavy atom. The number of ether oxygens (including phenoxy) is 3. The van der Waals surface area contributed by atoms with Crippen LogP contribution in [0.25, 0.3) is 10.9 Å². The molecule has 1 aromatic heterocycles. The molecule has 0 saturated carbocycles. The Labute approximate surface area is 162 Å². The summed E-state index contributed by atoms with van der Waals surface area (Å²) in [5.41, 5.74) is 7.26. The normalized spacial score (nSPS) is 11.2. The van der Waals surface area contributed by atoms with Crippen LogP contribution < -0.4 is 25.3 Å². The minimum Gasteiger partial charge on any atom is -0.496 e. The van der Waals surface area contributed by atoms with Crippen LogP contribution >= 0.6 is 0 Å². The molecule has 0 bridgehead atoms. The molecule has 2 aromatic carbocycles. The monoisotopic (exact) mass is 380 g/mol. The number of nitrogens with zero attached hydrogens (tertiary/aromatic N) is 2. The number of nitrogens with two attached hydrogens (primary N) is 1. The number of benzene rings is 2. The Morgan fingerprint density at radius 3 is 2.39 bits per heavy atom. The number of pyridine rings is 1. The molecule has 28 heavy (non-hydrogen) atoms. The average Bonchev–Trinajstić information content (AvgIpc) is 2.72. The van der Waals surface area contributed by atoms with E-state index in [1.807, 2.05) is 18.2 Å². The molecule has 0 aliphatic rings. The van der Waals surface area contributed by atoms with Gasteiger partial charge in [0.05, 0.1) is 38.0 Å². The number of aromatic nitrogens is 1. The molecule has 8 heteroatoms. The first kappa shape index (κ1) is 19.0. The van der Waals surface area contributed by atoms with Gasteiger partial charge in [-0.05, 0) is 18.2 Å². The molecule has 3 rings (SSSR count). The van der Waals surface area contributed by atoms with Crippen LogP contribution in [0, 0.1) is 0 Å². The standard InChI is InChI=1S/C20H20N4O4/c1-26-14-11-15(27-2)18(28-3)17-16(14)13(9-10-22-17)19(25)24-20(21)23-12-7-5-4-6-8-12/h4-11H,1-3H3,(H3,21,23,24,25). The van der Waals surface area contributed by atoms with E-state index in [0.717, 1.165) is 0 Å². The van der Waals surface area contributed by atoms with Crippen molar-refractivity contribution in [3.05, 3.63) is 54.2 Å². The topological polar surface area (TPSA) is 108 Å². The van der Waals surface area contributed by atoms with Crippen molar-refractivity contribution in [2.24, 2.45) is 10.7 Å². The molecule has 3 aromatic rings. The van der Waals surface area contributed by atoms with Crippen LogP contribution in [0.15, 0.2) is 53.7 Å². The maximum atomic E-state index is 12.9. The molecule has 0 radical (unpaired) electrons. The van der Waals surface area contributed by atoms with E-state index in [1.54, 1.807) is 24.3 Å². The summed E-state index contributed by atoms with van der Waals surface area (Å²) in [4.78, 5) is 21.4. The Bertz CT molecular complexity index is 1040. The summed E-state index contributed by atoms with van der Waals surface area (Å²) in [7, 11) is 4.52. The van der Waals surface area contributed by atoms with Gasteiger partial charge in [0.25, 0.3) is 5.91 Å². The fourth-order valence-electron chi connectivity index (χ4n) is 2.81. The number of nitrogens with one attached hydrogen (secondary N) is 1. The number of fused-ring (bicyclic) bond motifs is 1. The third-order valence-electron chi connectivity index (χ3n) is 4.03. The second-order valence-corrected chi connectivity index (χ2v) is 5.68. The van der Waals surface area contributed by atoms with E-state index >= 15 is 0 Å². The van der Waals surface area contributed by atoms with E-state index in [1.165, 1.54) is 27.5 Å². The van der Waals surface area contributed by atoms with Gasteiger partial charge in [0, 0.05) is 12.3 Å². The van der Waals surface area contributed by atoms with Gasteiger partial charge in [0.15, 0.2) is 11.5 Å². The summed E-state index contributed by atoms with van der Waals surface area (Å²) in [6.07, 6.45) is 1.50. The van der Waals surface area contributed by atoms with Crippen LogP contribution in [0.1, 0.15) is 10.4 Å². The number of guanidine groups is 1. The molecule has 0 saturated heterocycles.